The van der Waals surface area contributed by atoms with Crippen LogP contribution in [0, 0.1) is 19.8 Å². The van der Waals surface area contributed by atoms with Gasteiger partial charge in [-0.1, -0.05) is 23.8 Å². The molecule has 1 atom stereocenters. The lowest BCUT2D eigenvalue weighted by atomic mass is 9.94. The van der Waals surface area contributed by atoms with E-state index in [-0.39, 0.29) is 12.4 Å². The van der Waals surface area contributed by atoms with Crippen LogP contribution in [0.1, 0.15) is 36.0 Å². The third-order valence-electron chi connectivity index (χ3n) is 4.08. The number of aryl methyl sites for hydroxylation is 2. The normalized spacial score (nSPS) is 20.1. The third-order valence-corrected chi connectivity index (χ3v) is 4.08. The van der Waals surface area contributed by atoms with Gasteiger partial charge in [0.25, 0.3) is 0 Å². The third kappa shape index (κ3) is 4.79. The van der Waals surface area contributed by atoms with Crippen LogP contribution >= 0.6 is 12.4 Å². The van der Waals surface area contributed by atoms with Crippen LogP contribution in [0.15, 0.2) is 18.2 Å². The maximum absolute atomic E-state index is 5.68. The van der Waals surface area contributed by atoms with E-state index in [0.29, 0.717) is 0 Å². The van der Waals surface area contributed by atoms with Crippen LogP contribution in [-0.4, -0.2) is 24.5 Å². The van der Waals surface area contributed by atoms with E-state index in [1.165, 1.54) is 49.0 Å². The lowest BCUT2D eigenvalue weighted by Crippen LogP contribution is -2.35. The highest BCUT2D eigenvalue weighted by Crippen LogP contribution is 2.22. The Morgan fingerprint density at radius 1 is 1.32 bits per heavy atom. The molecule has 0 amide bonds. The van der Waals surface area contributed by atoms with Crippen LogP contribution < -0.4 is 5.73 Å². The molecule has 0 spiro atoms. The Bertz CT molecular complexity index is 390. The second-order valence-corrected chi connectivity index (χ2v) is 5.75. The van der Waals surface area contributed by atoms with Gasteiger partial charge in [-0.25, -0.2) is 0 Å². The molecule has 1 fully saturated rings. The molecule has 1 unspecified atom stereocenters. The quantitative estimate of drug-likeness (QED) is 0.918. The predicted octanol–water partition coefficient (Wildman–Crippen LogP) is 3.29. The maximum Gasteiger partial charge on any atom is 0.0236 e. The molecule has 1 aliphatic rings. The van der Waals surface area contributed by atoms with E-state index in [4.69, 9.17) is 5.73 Å². The van der Waals surface area contributed by atoms with Crippen molar-refractivity contribution < 1.29 is 0 Å². The van der Waals surface area contributed by atoms with Crippen LogP contribution in [0.3, 0.4) is 0 Å². The lowest BCUT2D eigenvalue weighted by Gasteiger charge is -2.33. The molecule has 0 aliphatic carbocycles. The van der Waals surface area contributed by atoms with Gasteiger partial charge >= 0.3 is 0 Å². The van der Waals surface area contributed by atoms with Crippen LogP contribution in [0.25, 0.3) is 0 Å². The van der Waals surface area contributed by atoms with Gasteiger partial charge in [-0.15, -0.1) is 12.4 Å². The molecule has 2 rings (SSSR count). The summed E-state index contributed by atoms with van der Waals surface area (Å²) < 4.78 is 0. The van der Waals surface area contributed by atoms with Crippen molar-refractivity contribution in [3.05, 3.63) is 34.9 Å². The van der Waals surface area contributed by atoms with Gasteiger partial charge in [0.2, 0.25) is 0 Å². The summed E-state index contributed by atoms with van der Waals surface area (Å²) >= 11 is 0. The number of benzene rings is 1. The van der Waals surface area contributed by atoms with Gasteiger partial charge in [-0.2, -0.15) is 0 Å². The fourth-order valence-corrected chi connectivity index (χ4v) is 2.98. The van der Waals surface area contributed by atoms with Crippen molar-refractivity contribution in [2.45, 2.75) is 39.7 Å². The first-order valence-corrected chi connectivity index (χ1v) is 7.17. The van der Waals surface area contributed by atoms with E-state index in [1.54, 1.807) is 0 Å². The van der Waals surface area contributed by atoms with Gasteiger partial charge in [0, 0.05) is 13.1 Å². The predicted molar refractivity (Wildman–Crippen MR) is 84.8 cm³/mol. The second-order valence-electron chi connectivity index (χ2n) is 5.75. The molecule has 1 aromatic rings. The van der Waals surface area contributed by atoms with Gasteiger partial charge in [-0.05, 0) is 63.2 Å². The lowest BCUT2D eigenvalue weighted by molar-refractivity contribution is 0.163. The molecule has 1 aliphatic heterocycles. The van der Waals surface area contributed by atoms with Crippen molar-refractivity contribution in [1.29, 1.82) is 0 Å². The first kappa shape index (κ1) is 16.5. The van der Waals surface area contributed by atoms with Crippen molar-refractivity contribution in [2.75, 3.05) is 19.6 Å². The monoisotopic (exact) mass is 282 g/mol. The fourth-order valence-electron chi connectivity index (χ4n) is 2.98. The molecule has 1 heterocycles. The molecule has 2 N–H and O–H groups in total. The summed E-state index contributed by atoms with van der Waals surface area (Å²) in [7, 11) is 0. The summed E-state index contributed by atoms with van der Waals surface area (Å²) in [4.78, 5) is 2.60. The van der Waals surface area contributed by atoms with Crippen molar-refractivity contribution in [2.24, 2.45) is 11.7 Å². The van der Waals surface area contributed by atoms with Crippen LogP contribution in [0.5, 0.6) is 0 Å². The molecule has 19 heavy (non-hydrogen) atoms. The average Bonchev–Trinajstić information content (AvgIpc) is 2.35. The van der Waals surface area contributed by atoms with Gasteiger partial charge in [0.15, 0.2) is 0 Å². The van der Waals surface area contributed by atoms with E-state index in [1.807, 2.05) is 0 Å². The van der Waals surface area contributed by atoms with Crippen molar-refractivity contribution in [1.82, 2.24) is 4.90 Å². The Labute approximate surface area is 123 Å². The summed E-state index contributed by atoms with van der Waals surface area (Å²) in [6.45, 7) is 8.81. The molecular formula is C16H27ClN2. The number of hydrogen-bond acceptors (Lipinski definition) is 2. The summed E-state index contributed by atoms with van der Waals surface area (Å²) in [6.07, 6.45) is 3.87. The Kier molecular flexibility index (Phi) is 6.84. The Balaban J connectivity index is 0.00000180. The zero-order valence-electron chi connectivity index (χ0n) is 12.2. The average molecular weight is 283 g/mol. The molecule has 0 bridgehead atoms. The second kappa shape index (κ2) is 7.88. The van der Waals surface area contributed by atoms with E-state index >= 15 is 0 Å². The van der Waals surface area contributed by atoms with E-state index in [9.17, 15) is 0 Å². The number of rotatable bonds is 4. The van der Waals surface area contributed by atoms with Crippen molar-refractivity contribution in [3.8, 4) is 0 Å². The SMILES string of the molecule is Cc1ccc(C)c(CN2CCCC(CCN)C2)c1.Cl. The highest BCUT2D eigenvalue weighted by molar-refractivity contribution is 5.85. The maximum atomic E-state index is 5.68. The number of likely N-dealkylation sites (tertiary alicyclic amines) is 1. The first-order valence-electron chi connectivity index (χ1n) is 7.17. The van der Waals surface area contributed by atoms with Crippen molar-refractivity contribution in [3.63, 3.8) is 0 Å². The summed E-state index contributed by atoms with van der Waals surface area (Å²) in [5.41, 5.74) is 9.96. The highest BCUT2D eigenvalue weighted by Gasteiger charge is 2.19. The standard InChI is InChI=1S/C16H26N2.ClH/c1-13-5-6-14(2)16(10-13)12-18-9-3-4-15(11-18)7-8-17;/h5-6,10,15H,3-4,7-9,11-12,17H2,1-2H3;1H. The van der Waals surface area contributed by atoms with Gasteiger partial charge in [0.05, 0.1) is 0 Å². The Morgan fingerprint density at radius 2 is 2.11 bits per heavy atom. The molecular weight excluding hydrogens is 256 g/mol. The number of piperidine rings is 1. The number of halogens is 1. The fraction of sp³-hybridized carbons (Fsp3) is 0.625. The zero-order chi connectivity index (χ0) is 13.0. The van der Waals surface area contributed by atoms with Gasteiger partial charge in [0.1, 0.15) is 0 Å². The number of nitrogens with zero attached hydrogens (tertiary/aromatic N) is 1. The van der Waals surface area contributed by atoms with Crippen molar-refractivity contribution >= 4 is 12.4 Å². The summed E-state index contributed by atoms with van der Waals surface area (Å²) in [5.74, 6) is 0.814. The largest absolute Gasteiger partial charge is 0.330 e. The summed E-state index contributed by atoms with van der Waals surface area (Å²) in [6, 6.07) is 6.78. The minimum absolute atomic E-state index is 0. The minimum Gasteiger partial charge on any atom is -0.330 e. The molecule has 1 aromatic carbocycles. The number of hydrogen-bond donors (Lipinski definition) is 1. The molecule has 1 saturated heterocycles. The van der Waals surface area contributed by atoms with Crippen LogP contribution in [0.2, 0.25) is 0 Å². The molecule has 108 valence electrons. The first-order chi connectivity index (χ1) is 8.69. The smallest absolute Gasteiger partial charge is 0.0236 e. The topological polar surface area (TPSA) is 29.3 Å². The highest BCUT2D eigenvalue weighted by atomic mass is 35.5. The summed E-state index contributed by atoms with van der Waals surface area (Å²) in [5, 5.41) is 0. The van der Waals surface area contributed by atoms with E-state index < -0.39 is 0 Å². The van der Waals surface area contributed by atoms with Crippen LogP contribution in [-0.2, 0) is 6.54 Å². The number of nitrogens with two attached hydrogens (primary N) is 1. The van der Waals surface area contributed by atoms with Crippen LogP contribution in [0.4, 0.5) is 0 Å². The minimum atomic E-state index is 0. The molecule has 2 nitrogen and oxygen atoms in total. The van der Waals surface area contributed by atoms with Gasteiger partial charge in [-0.3, -0.25) is 4.90 Å². The Morgan fingerprint density at radius 3 is 2.84 bits per heavy atom. The molecule has 3 heteroatoms. The van der Waals surface area contributed by atoms with E-state index in [2.05, 4.69) is 36.9 Å². The van der Waals surface area contributed by atoms with Gasteiger partial charge < -0.3 is 5.73 Å². The zero-order valence-corrected chi connectivity index (χ0v) is 13.0. The Hall–Kier alpha value is -0.570. The molecule has 0 aromatic heterocycles. The molecule has 0 saturated carbocycles. The van der Waals surface area contributed by atoms with E-state index in [0.717, 1.165) is 19.0 Å². The molecule has 0 radical (unpaired) electrons.